The molecule has 1 aliphatic heterocycles. The first-order valence-electron chi connectivity index (χ1n) is 5.84. The van der Waals surface area contributed by atoms with Gasteiger partial charge in [-0.2, -0.15) is 4.37 Å². The highest BCUT2D eigenvalue weighted by molar-refractivity contribution is 7.11. The van der Waals surface area contributed by atoms with Crippen LogP contribution in [0.4, 0.5) is 10.8 Å². The van der Waals surface area contributed by atoms with Crippen molar-refractivity contribution in [3.8, 4) is 11.3 Å². The zero-order chi connectivity index (χ0) is 13.4. The summed E-state index contributed by atoms with van der Waals surface area (Å²) in [7, 11) is 0. The lowest BCUT2D eigenvalue weighted by atomic mass is 10.2. The molecule has 0 spiro atoms. The van der Waals surface area contributed by atoms with Crippen molar-refractivity contribution >= 4 is 39.6 Å². The van der Waals surface area contributed by atoms with Crippen molar-refractivity contribution in [2.45, 2.75) is 6.92 Å². The first kappa shape index (κ1) is 12.4. The van der Waals surface area contributed by atoms with Crippen LogP contribution in [0.3, 0.4) is 0 Å². The molecule has 1 saturated heterocycles. The number of nitrogens with one attached hydrogen (secondary N) is 1. The number of aryl methyl sites for hydroxylation is 1. The van der Waals surface area contributed by atoms with E-state index in [4.69, 9.17) is 5.73 Å². The number of rotatable bonds is 2. The number of nitrogens with two attached hydrogens (primary N) is 1. The number of nitrogen functional groups attached to an aromatic ring is 1. The molecular formula is C11H13N5OS2. The number of piperazine rings is 1. The molecule has 0 radical (unpaired) electrons. The van der Waals surface area contributed by atoms with Crippen molar-refractivity contribution in [2.75, 3.05) is 30.3 Å². The summed E-state index contributed by atoms with van der Waals surface area (Å²) in [5.41, 5.74) is 7.65. The van der Waals surface area contributed by atoms with Crippen molar-refractivity contribution in [3.05, 3.63) is 10.4 Å². The van der Waals surface area contributed by atoms with Gasteiger partial charge in [0.25, 0.3) is 0 Å². The van der Waals surface area contributed by atoms with Crippen LogP contribution in [0.15, 0.2) is 5.38 Å². The van der Waals surface area contributed by atoms with E-state index in [1.807, 2.05) is 17.2 Å². The third-order valence-corrected chi connectivity index (χ3v) is 4.60. The second-order valence-corrected chi connectivity index (χ2v) is 6.09. The number of nitrogens with zero attached hydrogens (tertiary/aromatic N) is 3. The van der Waals surface area contributed by atoms with E-state index in [9.17, 15) is 4.79 Å². The molecule has 1 aliphatic rings. The summed E-state index contributed by atoms with van der Waals surface area (Å²) in [6.45, 7) is 3.71. The molecule has 3 rings (SSSR count). The maximum atomic E-state index is 11.5. The lowest BCUT2D eigenvalue weighted by Crippen LogP contribution is -2.47. The molecular weight excluding hydrogens is 282 g/mol. The summed E-state index contributed by atoms with van der Waals surface area (Å²) in [5.74, 6) is 0.509. The zero-order valence-electron chi connectivity index (χ0n) is 10.3. The molecule has 3 heterocycles. The van der Waals surface area contributed by atoms with Gasteiger partial charge in [-0.25, -0.2) is 4.98 Å². The lowest BCUT2D eigenvalue weighted by Gasteiger charge is -2.27. The number of thiazole rings is 1. The molecule has 1 fully saturated rings. The van der Waals surface area contributed by atoms with Crippen LogP contribution in [-0.4, -0.2) is 34.9 Å². The summed E-state index contributed by atoms with van der Waals surface area (Å²) in [6.07, 6.45) is 0. The fraction of sp³-hybridized carbons (Fsp3) is 0.364. The van der Waals surface area contributed by atoms with Crippen LogP contribution < -0.4 is 16.0 Å². The molecule has 0 bridgehead atoms. The number of amides is 1. The highest BCUT2D eigenvalue weighted by atomic mass is 32.1. The largest absolute Gasteiger partial charge is 0.382 e. The number of carbonyl (C=O) groups is 1. The molecule has 0 unspecified atom stereocenters. The van der Waals surface area contributed by atoms with E-state index in [-0.39, 0.29) is 5.91 Å². The van der Waals surface area contributed by atoms with Gasteiger partial charge < -0.3 is 16.0 Å². The van der Waals surface area contributed by atoms with Gasteiger partial charge in [-0.15, -0.1) is 11.3 Å². The number of anilines is 2. The average Bonchev–Trinajstić information content (AvgIpc) is 2.95. The maximum absolute atomic E-state index is 11.5. The Bertz CT molecular complexity index is 620. The summed E-state index contributed by atoms with van der Waals surface area (Å²) in [4.78, 5) is 18.0. The average molecular weight is 295 g/mol. The van der Waals surface area contributed by atoms with Crippen LogP contribution >= 0.6 is 22.9 Å². The molecule has 2 aromatic rings. The van der Waals surface area contributed by atoms with Crippen molar-refractivity contribution < 1.29 is 4.79 Å². The van der Waals surface area contributed by atoms with Gasteiger partial charge >= 0.3 is 0 Å². The van der Waals surface area contributed by atoms with Gasteiger partial charge in [0.1, 0.15) is 10.8 Å². The van der Waals surface area contributed by atoms with Gasteiger partial charge in [-0.05, 0) is 18.5 Å². The molecule has 6 nitrogen and oxygen atoms in total. The Labute approximate surface area is 118 Å². The Balaban J connectivity index is 2.00. The van der Waals surface area contributed by atoms with Crippen LogP contribution in [0.25, 0.3) is 11.3 Å². The molecule has 3 N–H and O–H groups in total. The highest BCUT2D eigenvalue weighted by Gasteiger charge is 2.24. The molecule has 2 aromatic heterocycles. The summed E-state index contributed by atoms with van der Waals surface area (Å²) in [6, 6.07) is 0. The fourth-order valence-electron chi connectivity index (χ4n) is 2.04. The first-order valence-corrected chi connectivity index (χ1v) is 7.50. The Morgan fingerprint density at radius 3 is 3.05 bits per heavy atom. The van der Waals surface area contributed by atoms with E-state index >= 15 is 0 Å². The number of aromatic nitrogens is 2. The SMILES string of the molecule is Cc1nc(-c2c(N)nsc2N2CCNC(=O)C2)cs1. The van der Waals surface area contributed by atoms with Gasteiger partial charge in [0, 0.05) is 18.5 Å². The standard InChI is InChI=1S/C11H13N5OS2/c1-6-14-7(5-18-6)9-10(12)15-19-11(9)16-3-2-13-8(17)4-16/h5H,2-4H2,1H3,(H2,12,15)(H,13,17). The van der Waals surface area contributed by atoms with Gasteiger partial charge in [0.2, 0.25) is 5.91 Å². The van der Waals surface area contributed by atoms with Gasteiger partial charge in [-0.3, -0.25) is 4.79 Å². The number of hydrogen-bond donors (Lipinski definition) is 2. The topological polar surface area (TPSA) is 84.1 Å². The molecule has 19 heavy (non-hydrogen) atoms. The maximum Gasteiger partial charge on any atom is 0.239 e. The van der Waals surface area contributed by atoms with Gasteiger partial charge in [0.15, 0.2) is 0 Å². The predicted octanol–water partition coefficient (Wildman–Crippen LogP) is 1.09. The van der Waals surface area contributed by atoms with Crippen LogP contribution in [0.1, 0.15) is 5.01 Å². The molecule has 0 atom stereocenters. The molecule has 0 aliphatic carbocycles. The zero-order valence-corrected chi connectivity index (χ0v) is 12.0. The second kappa shape index (κ2) is 4.78. The second-order valence-electron chi connectivity index (χ2n) is 4.27. The van der Waals surface area contributed by atoms with Crippen molar-refractivity contribution in [1.82, 2.24) is 14.7 Å². The molecule has 100 valence electrons. The quantitative estimate of drug-likeness (QED) is 0.866. The molecule has 0 aromatic carbocycles. The minimum absolute atomic E-state index is 0.0265. The fourth-order valence-corrected chi connectivity index (χ4v) is 3.49. The normalized spacial score (nSPS) is 15.6. The van der Waals surface area contributed by atoms with Crippen LogP contribution in [0, 0.1) is 6.92 Å². The number of carbonyl (C=O) groups excluding carboxylic acids is 1. The Kier molecular flexibility index (Phi) is 3.11. The van der Waals surface area contributed by atoms with E-state index < -0.39 is 0 Å². The highest BCUT2D eigenvalue weighted by Crippen LogP contribution is 2.39. The monoisotopic (exact) mass is 295 g/mol. The van der Waals surface area contributed by atoms with Crippen LogP contribution in [0.2, 0.25) is 0 Å². The van der Waals surface area contributed by atoms with Crippen LogP contribution in [-0.2, 0) is 4.79 Å². The Morgan fingerprint density at radius 1 is 1.53 bits per heavy atom. The van der Waals surface area contributed by atoms with E-state index in [1.165, 1.54) is 11.5 Å². The smallest absolute Gasteiger partial charge is 0.239 e. The van der Waals surface area contributed by atoms with E-state index in [1.54, 1.807) is 11.3 Å². The Morgan fingerprint density at radius 2 is 2.37 bits per heavy atom. The predicted molar refractivity (Wildman–Crippen MR) is 77.6 cm³/mol. The molecule has 8 heteroatoms. The molecule has 0 saturated carbocycles. The minimum atomic E-state index is 0.0265. The van der Waals surface area contributed by atoms with E-state index in [0.29, 0.717) is 18.9 Å². The summed E-state index contributed by atoms with van der Waals surface area (Å²) >= 11 is 2.90. The van der Waals surface area contributed by atoms with Gasteiger partial charge in [-0.1, -0.05) is 0 Å². The van der Waals surface area contributed by atoms with Crippen LogP contribution in [0.5, 0.6) is 0 Å². The molecule has 1 amide bonds. The lowest BCUT2D eigenvalue weighted by molar-refractivity contribution is -0.120. The van der Waals surface area contributed by atoms with E-state index in [2.05, 4.69) is 14.7 Å². The van der Waals surface area contributed by atoms with Gasteiger partial charge in [0.05, 0.1) is 22.8 Å². The van der Waals surface area contributed by atoms with E-state index in [0.717, 1.165) is 27.8 Å². The number of hydrogen-bond acceptors (Lipinski definition) is 7. The summed E-state index contributed by atoms with van der Waals surface area (Å²) < 4.78 is 4.21. The third-order valence-electron chi connectivity index (χ3n) is 2.90. The Hall–Kier alpha value is -1.67. The minimum Gasteiger partial charge on any atom is -0.382 e. The van der Waals surface area contributed by atoms with Crippen molar-refractivity contribution in [3.63, 3.8) is 0 Å². The first-order chi connectivity index (χ1) is 9.15. The third kappa shape index (κ3) is 2.28. The van der Waals surface area contributed by atoms with Crippen molar-refractivity contribution in [2.24, 2.45) is 0 Å². The van der Waals surface area contributed by atoms with Crippen molar-refractivity contribution in [1.29, 1.82) is 0 Å². The summed E-state index contributed by atoms with van der Waals surface area (Å²) in [5, 5.41) is 6.70.